The lowest BCUT2D eigenvalue weighted by atomic mass is 9.46. The number of methoxy groups -OCH3 is 1. The molecule has 0 aliphatic heterocycles. The van der Waals surface area contributed by atoms with Crippen LogP contribution in [0, 0.1) is 23.2 Å². The predicted octanol–water partition coefficient (Wildman–Crippen LogP) is 4.28. The van der Waals surface area contributed by atoms with Crippen LogP contribution in [0.5, 0.6) is 0 Å². The number of aryl methyl sites for hydroxylation is 1. The summed E-state index contributed by atoms with van der Waals surface area (Å²) in [6.45, 7) is 5.31. The fourth-order valence-corrected chi connectivity index (χ4v) is 10.1. The van der Waals surface area contributed by atoms with Gasteiger partial charge in [0.05, 0.1) is 18.9 Å². The number of hydrogen-bond acceptors (Lipinski definition) is 8. The van der Waals surface area contributed by atoms with Crippen molar-refractivity contribution in [2.24, 2.45) is 30.2 Å². The van der Waals surface area contributed by atoms with Gasteiger partial charge in [0.15, 0.2) is 0 Å². The second-order valence-corrected chi connectivity index (χ2v) is 17.5. The summed E-state index contributed by atoms with van der Waals surface area (Å²) in [6, 6.07) is 6.83. The van der Waals surface area contributed by atoms with Crippen LogP contribution in [-0.2, 0) is 48.5 Å². The first-order valence-corrected chi connectivity index (χ1v) is 19.7. The van der Waals surface area contributed by atoms with Crippen LogP contribution in [0.15, 0.2) is 42.9 Å². The van der Waals surface area contributed by atoms with Crippen molar-refractivity contribution in [3.63, 3.8) is 0 Å². The summed E-state index contributed by atoms with van der Waals surface area (Å²) in [7, 11) is 3.15. The van der Waals surface area contributed by atoms with Crippen LogP contribution in [-0.4, -0.2) is 75.7 Å². The van der Waals surface area contributed by atoms with E-state index in [1.807, 2.05) is 41.9 Å². The third-order valence-electron chi connectivity index (χ3n) is 12.0. The Bertz CT molecular complexity index is 1670. The number of rotatable bonds is 13. The molecular formula is C41H58N6O7. The maximum atomic E-state index is 14.7. The van der Waals surface area contributed by atoms with Gasteiger partial charge in [-0.3, -0.25) is 14.4 Å². The summed E-state index contributed by atoms with van der Waals surface area (Å²) in [5.74, 6) is -0.982. The molecule has 13 nitrogen and oxygen atoms in total. The minimum absolute atomic E-state index is 0.0630. The Kier molecular flexibility index (Phi) is 11.7. The van der Waals surface area contributed by atoms with E-state index in [1.165, 1.54) is 7.11 Å². The van der Waals surface area contributed by atoms with E-state index in [4.69, 9.17) is 9.47 Å². The molecule has 13 heteroatoms. The zero-order valence-corrected chi connectivity index (χ0v) is 32.5. The van der Waals surface area contributed by atoms with E-state index in [2.05, 4.69) is 26.3 Å². The molecule has 4 N–H and O–H groups in total. The number of esters is 1. The average molecular weight is 747 g/mol. The summed E-state index contributed by atoms with van der Waals surface area (Å²) in [6.07, 6.45) is 12.1. The SMILES string of the molecule is COC(=O)[C@H](Cc1ccccc1)NC(=O)[C@H](NC(=O)C12C[C@@H]3C[C@@H](CC(NC(=O)[C@@H](Cc4cncn4C)NC(=O)OC(C)(C)C)(C3)C1)C2)C1CCCCC1. The third kappa shape index (κ3) is 9.26. The van der Waals surface area contributed by atoms with Gasteiger partial charge in [-0.05, 0) is 95.5 Å². The van der Waals surface area contributed by atoms with Crippen LogP contribution in [0.1, 0.15) is 103 Å². The smallest absolute Gasteiger partial charge is 0.408 e. The Morgan fingerprint density at radius 1 is 0.889 bits per heavy atom. The van der Waals surface area contributed by atoms with Crippen LogP contribution in [0.25, 0.3) is 0 Å². The number of carbonyl (C=O) groups is 5. The summed E-state index contributed by atoms with van der Waals surface area (Å²) < 4.78 is 12.4. The molecule has 7 atom stereocenters. The number of imidazole rings is 1. The van der Waals surface area contributed by atoms with Gasteiger partial charge in [-0.25, -0.2) is 14.6 Å². The summed E-state index contributed by atoms with van der Waals surface area (Å²) >= 11 is 0. The van der Waals surface area contributed by atoms with Gasteiger partial charge in [0.2, 0.25) is 17.7 Å². The zero-order chi connectivity index (χ0) is 38.7. The molecule has 5 fully saturated rings. The van der Waals surface area contributed by atoms with Crippen molar-refractivity contribution >= 4 is 29.8 Å². The largest absolute Gasteiger partial charge is 0.467 e. The highest BCUT2D eigenvalue weighted by Gasteiger charge is 2.61. The van der Waals surface area contributed by atoms with E-state index < -0.39 is 46.7 Å². The summed E-state index contributed by atoms with van der Waals surface area (Å²) in [5.41, 5.74) is -0.472. The number of benzene rings is 1. The van der Waals surface area contributed by atoms with Gasteiger partial charge in [-0.2, -0.15) is 0 Å². The summed E-state index contributed by atoms with van der Waals surface area (Å²) in [5, 5.41) is 12.4. The van der Waals surface area contributed by atoms with Gasteiger partial charge in [0.1, 0.15) is 23.7 Å². The highest BCUT2D eigenvalue weighted by atomic mass is 16.6. The topological polar surface area (TPSA) is 170 Å². The molecule has 4 bridgehead atoms. The van der Waals surface area contributed by atoms with Gasteiger partial charge in [-0.1, -0.05) is 49.6 Å². The maximum Gasteiger partial charge on any atom is 0.408 e. The second-order valence-electron chi connectivity index (χ2n) is 17.5. The number of aromatic nitrogens is 2. The van der Waals surface area contributed by atoms with Crippen molar-refractivity contribution in [2.45, 2.75) is 134 Å². The number of hydrogen-bond donors (Lipinski definition) is 4. The predicted molar refractivity (Wildman–Crippen MR) is 201 cm³/mol. The molecular weight excluding hydrogens is 688 g/mol. The molecule has 5 aliphatic carbocycles. The van der Waals surface area contributed by atoms with E-state index >= 15 is 0 Å². The molecule has 5 saturated carbocycles. The highest BCUT2D eigenvalue weighted by Crippen LogP contribution is 2.61. The second kappa shape index (κ2) is 16.1. The van der Waals surface area contributed by atoms with Crippen LogP contribution in [0.3, 0.4) is 0 Å². The Morgan fingerprint density at radius 2 is 1.57 bits per heavy atom. The fourth-order valence-electron chi connectivity index (χ4n) is 10.1. The highest BCUT2D eigenvalue weighted by molar-refractivity contribution is 5.93. The molecule has 7 rings (SSSR count). The normalized spacial score (nSPS) is 26.5. The van der Waals surface area contributed by atoms with Gasteiger partial charge < -0.3 is 35.3 Å². The first kappa shape index (κ1) is 39.3. The lowest BCUT2D eigenvalue weighted by molar-refractivity contribution is -0.156. The monoisotopic (exact) mass is 746 g/mol. The van der Waals surface area contributed by atoms with E-state index in [0.717, 1.165) is 62.6 Å². The number of ether oxygens (including phenoxy) is 2. The Hall–Kier alpha value is -4.42. The first-order chi connectivity index (χ1) is 25.7. The van der Waals surface area contributed by atoms with Crippen LogP contribution < -0.4 is 21.3 Å². The molecule has 1 heterocycles. The van der Waals surface area contributed by atoms with E-state index in [1.54, 1.807) is 33.3 Å². The summed E-state index contributed by atoms with van der Waals surface area (Å²) in [4.78, 5) is 73.2. The Balaban J connectivity index is 1.21. The molecule has 2 aromatic rings. The standard InChI is InChI=1S/C41H58N6O7/c1-39(2,3)54-38(52)44-31(18-30-23-42-25-47(30)4)34(48)46-41-21-27-16-28(22-41)20-40(19-27,24-41)37(51)45-33(29-14-10-7-11-15-29)35(49)43-32(36(50)53-5)17-26-12-8-6-9-13-26/h6,8-9,12-13,23,25,27-29,31-33H,7,10-11,14-22,24H2,1-5H3,(H,43,49)(H,44,52)(H,45,51)(H,46,48)/t27-,28+,31-,32+,33-,40?,41?/m1/s1. The molecule has 294 valence electrons. The lowest BCUT2D eigenvalue weighted by Gasteiger charge is -2.61. The van der Waals surface area contributed by atoms with Crippen molar-refractivity contribution < 1.29 is 33.4 Å². The van der Waals surface area contributed by atoms with Gasteiger partial charge in [-0.15, -0.1) is 0 Å². The molecule has 4 amide bonds. The first-order valence-electron chi connectivity index (χ1n) is 19.7. The van der Waals surface area contributed by atoms with Crippen molar-refractivity contribution in [1.29, 1.82) is 0 Å². The van der Waals surface area contributed by atoms with Crippen molar-refractivity contribution in [3.8, 4) is 0 Å². The molecule has 0 saturated heterocycles. The number of alkyl carbamates (subject to hydrolysis) is 1. The number of amides is 4. The van der Waals surface area contributed by atoms with Crippen LogP contribution in [0.2, 0.25) is 0 Å². The molecule has 54 heavy (non-hydrogen) atoms. The van der Waals surface area contributed by atoms with E-state index in [0.29, 0.717) is 19.3 Å². The van der Waals surface area contributed by atoms with Gasteiger partial charge >= 0.3 is 12.1 Å². The lowest BCUT2D eigenvalue weighted by Crippen LogP contribution is -2.68. The van der Waals surface area contributed by atoms with Crippen LogP contribution in [0.4, 0.5) is 4.79 Å². The molecule has 1 aromatic carbocycles. The number of nitrogens with one attached hydrogen (secondary N) is 4. The minimum atomic E-state index is -0.925. The molecule has 5 aliphatic rings. The van der Waals surface area contributed by atoms with Crippen LogP contribution >= 0.6 is 0 Å². The van der Waals surface area contributed by atoms with Crippen molar-refractivity contribution in [3.05, 3.63) is 54.1 Å². The molecule has 0 radical (unpaired) electrons. The molecule has 2 unspecified atom stereocenters. The number of nitrogens with zero attached hydrogens (tertiary/aromatic N) is 2. The minimum Gasteiger partial charge on any atom is -0.467 e. The average Bonchev–Trinajstić information content (AvgIpc) is 3.52. The third-order valence-corrected chi connectivity index (χ3v) is 12.0. The van der Waals surface area contributed by atoms with Gasteiger partial charge in [0.25, 0.3) is 0 Å². The Morgan fingerprint density at radius 3 is 2.19 bits per heavy atom. The van der Waals surface area contributed by atoms with E-state index in [-0.39, 0.29) is 48.3 Å². The molecule has 1 aromatic heterocycles. The van der Waals surface area contributed by atoms with Gasteiger partial charge in [0, 0.05) is 37.3 Å². The van der Waals surface area contributed by atoms with Crippen molar-refractivity contribution in [1.82, 2.24) is 30.8 Å². The molecule has 0 spiro atoms. The zero-order valence-electron chi connectivity index (χ0n) is 32.5. The number of carbonyl (C=O) groups excluding carboxylic acids is 5. The Labute approximate surface area is 318 Å². The maximum absolute atomic E-state index is 14.7. The van der Waals surface area contributed by atoms with Crippen molar-refractivity contribution in [2.75, 3.05) is 7.11 Å². The van der Waals surface area contributed by atoms with E-state index in [9.17, 15) is 24.0 Å². The quantitative estimate of drug-likeness (QED) is 0.220. The fraction of sp³-hybridized carbons (Fsp3) is 0.659.